The minimum atomic E-state index is -0.953. The molecule has 0 spiro atoms. The summed E-state index contributed by atoms with van der Waals surface area (Å²) in [7, 11) is 3.87. The highest BCUT2D eigenvalue weighted by molar-refractivity contribution is 5.90. The van der Waals surface area contributed by atoms with Gasteiger partial charge >= 0.3 is 6.03 Å². The van der Waals surface area contributed by atoms with Gasteiger partial charge in [-0.25, -0.2) is 4.79 Å². The first-order chi connectivity index (χ1) is 13.4. The number of benzene rings is 1. The largest absolute Gasteiger partial charge is 0.383 e. The van der Waals surface area contributed by atoms with Crippen molar-refractivity contribution in [1.29, 1.82) is 0 Å². The van der Waals surface area contributed by atoms with Crippen molar-refractivity contribution in [3.63, 3.8) is 0 Å². The van der Waals surface area contributed by atoms with Crippen molar-refractivity contribution in [3.05, 3.63) is 35.0 Å². The Labute approximate surface area is 165 Å². The Bertz CT molecular complexity index is 934. The van der Waals surface area contributed by atoms with Crippen molar-refractivity contribution in [2.75, 3.05) is 27.2 Å². The fourth-order valence-corrected chi connectivity index (χ4v) is 5.38. The maximum atomic E-state index is 12.4. The molecule has 2 fully saturated rings. The number of carbonyl (C=O) groups excluding carboxylic acids is 1. The number of amides is 2. The molecule has 6 heteroatoms. The summed E-state index contributed by atoms with van der Waals surface area (Å²) >= 11 is 0. The third kappa shape index (κ3) is 2.58. The monoisotopic (exact) mass is 382 g/mol. The summed E-state index contributed by atoms with van der Waals surface area (Å²) in [6.07, 6.45) is 3.94. The SMILES string of the molecule is CCN(C)C(=O)NC1CN(C)[C@@H]2Cc3c(C4CC4)[nH]c4cccc(c34)C2(O)C1. The second-order valence-corrected chi connectivity index (χ2v) is 8.97. The number of fused-ring (bicyclic) bond motifs is 2. The van der Waals surface area contributed by atoms with E-state index in [-0.39, 0.29) is 18.1 Å². The fraction of sp³-hybridized carbons (Fsp3) is 0.591. The molecule has 5 rings (SSSR count). The van der Waals surface area contributed by atoms with Crippen molar-refractivity contribution >= 4 is 16.9 Å². The van der Waals surface area contributed by atoms with Gasteiger partial charge in [0.25, 0.3) is 0 Å². The number of aliphatic hydroxyl groups is 1. The number of likely N-dealkylation sites (tertiary alicyclic amines) is 1. The minimum absolute atomic E-state index is 0.0379. The van der Waals surface area contributed by atoms with Crippen LogP contribution >= 0.6 is 0 Å². The molecule has 2 amide bonds. The normalized spacial score (nSPS) is 29.6. The predicted molar refractivity (Wildman–Crippen MR) is 110 cm³/mol. The van der Waals surface area contributed by atoms with Gasteiger partial charge in [-0.15, -0.1) is 0 Å². The van der Waals surface area contributed by atoms with Gasteiger partial charge in [-0.05, 0) is 56.3 Å². The van der Waals surface area contributed by atoms with Gasteiger partial charge < -0.3 is 20.3 Å². The van der Waals surface area contributed by atoms with Crippen LogP contribution in [0.5, 0.6) is 0 Å². The lowest BCUT2D eigenvalue weighted by Gasteiger charge is -2.51. The van der Waals surface area contributed by atoms with Gasteiger partial charge in [0.1, 0.15) is 5.60 Å². The first-order valence-electron chi connectivity index (χ1n) is 10.5. The Morgan fingerprint density at radius 3 is 2.93 bits per heavy atom. The van der Waals surface area contributed by atoms with E-state index in [0.717, 1.165) is 24.0 Å². The number of urea groups is 1. The van der Waals surface area contributed by atoms with Crippen LogP contribution in [-0.2, 0) is 12.0 Å². The molecule has 0 radical (unpaired) electrons. The van der Waals surface area contributed by atoms with Gasteiger partial charge in [-0.2, -0.15) is 0 Å². The van der Waals surface area contributed by atoms with Crippen molar-refractivity contribution in [2.24, 2.45) is 0 Å². The Kier molecular flexibility index (Phi) is 4.00. The summed E-state index contributed by atoms with van der Waals surface area (Å²) in [5.41, 5.74) is 4.00. The molecule has 2 aliphatic carbocycles. The maximum absolute atomic E-state index is 12.4. The first-order valence-corrected chi connectivity index (χ1v) is 10.5. The molecule has 150 valence electrons. The predicted octanol–water partition coefficient (Wildman–Crippen LogP) is 2.52. The van der Waals surface area contributed by atoms with Crippen LogP contribution in [0.15, 0.2) is 18.2 Å². The average molecular weight is 383 g/mol. The third-order valence-corrected chi connectivity index (χ3v) is 7.11. The molecular formula is C22H30N4O2. The molecule has 2 unspecified atom stereocenters. The highest BCUT2D eigenvalue weighted by Gasteiger charge is 2.51. The van der Waals surface area contributed by atoms with Gasteiger partial charge in [0.05, 0.1) is 0 Å². The molecule has 1 aromatic carbocycles. The smallest absolute Gasteiger partial charge is 0.317 e. The number of carbonyl (C=O) groups is 1. The lowest BCUT2D eigenvalue weighted by molar-refractivity contribution is -0.0889. The number of piperidine rings is 1. The topological polar surface area (TPSA) is 71.6 Å². The molecule has 3 atom stereocenters. The third-order valence-electron chi connectivity index (χ3n) is 7.11. The number of H-pyrrole nitrogens is 1. The van der Waals surface area contributed by atoms with Crippen LogP contribution in [0.1, 0.15) is 48.9 Å². The highest BCUT2D eigenvalue weighted by Crippen LogP contribution is 2.50. The Morgan fingerprint density at radius 1 is 1.43 bits per heavy atom. The van der Waals surface area contributed by atoms with E-state index in [0.29, 0.717) is 18.9 Å². The zero-order chi connectivity index (χ0) is 19.6. The van der Waals surface area contributed by atoms with E-state index in [2.05, 4.69) is 34.4 Å². The molecule has 6 nitrogen and oxygen atoms in total. The van der Waals surface area contributed by atoms with E-state index < -0.39 is 5.60 Å². The van der Waals surface area contributed by atoms with Crippen molar-refractivity contribution in [3.8, 4) is 0 Å². The zero-order valence-electron chi connectivity index (χ0n) is 17.0. The van der Waals surface area contributed by atoms with E-state index in [1.54, 1.807) is 11.9 Å². The Morgan fingerprint density at radius 2 is 2.21 bits per heavy atom. The van der Waals surface area contributed by atoms with E-state index >= 15 is 0 Å². The molecule has 3 N–H and O–H groups in total. The lowest BCUT2D eigenvalue weighted by atomic mass is 9.70. The van der Waals surface area contributed by atoms with E-state index in [4.69, 9.17) is 0 Å². The molecule has 1 saturated heterocycles. The van der Waals surface area contributed by atoms with Crippen LogP contribution in [0.4, 0.5) is 4.79 Å². The van der Waals surface area contributed by atoms with Crippen molar-refractivity contribution < 1.29 is 9.90 Å². The number of likely N-dealkylation sites (N-methyl/N-ethyl adjacent to an activating group) is 1. The molecule has 1 aliphatic heterocycles. The Balaban J connectivity index is 1.54. The van der Waals surface area contributed by atoms with Gasteiger partial charge in [-0.3, -0.25) is 4.90 Å². The second kappa shape index (κ2) is 6.22. The molecule has 2 heterocycles. The molecule has 28 heavy (non-hydrogen) atoms. The maximum Gasteiger partial charge on any atom is 0.317 e. The molecule has 1 saturated carbocycles. The van der Waals surface area contributed by atoms with Gasteiger partial charge in [0, 0.05) is 55.2 Å². The Hall–Kier alpha value is -2.05. The summed E-state index contributed by atoms with van der Waals surface area (Å²) in [4.78, 5) is 20.0. The number of hydrogen-bond acceptors (Lipinski definition) is 3. The van der Waals surface area contributed by atoms with Gasteiger partial charge in [0.15, 0.2) is 0 Å². The van der Waals surface area contributed by atoms with E-state index in [1.807, 2.05) is 13.0 Å². The second-order valence-electron chi connectivity index (χ2n) is 8.97. The van der Waals surface area contributed by atoms with Gasteiger partial charge in [0.2, 0.25) is 0 Å². The van der Waals surface area contributed by atoms with Crippen LogP contribution in [0.2, 0.25) is 0 Å². The van der Waals surface area contributed by atoms with E-state index in [9.17, 15) is 9.90 Å². The van der Waals surface area contributed by atoms with Crippen molar-refractivity contribution in [2.45, 2.75) is 56.2 Å². The van der Waals surface area contributed by atoms with Crippen LogP contribution < -0.4 is 5.32 Å². The molecule has 2 aromatic rings. The lowest BCUT2D eigenvalue weighted by Crippen LogP contribution is -2.63. The number of nitrogens with one attached hydrogen (secondary N) is 2. The molecule has 3 aliphatic rings. The summed E-state index contributed by atoms with van der Waals surface area (Å²) in [6, 6.07) is 6.14. The minimum Gasteiger partial charge on any atom is -0.383 e. The number of aromatic amines is 1. The van der Waals surface area contributed by atoms with E-state index in [1.165, 1.54) is 29.5 Å². The number of hydrogen-bond donors (Lipinski definition) is 3. The summed E-state index contributed by atoms with van der Waals surface area (Å²) < 4.78 is 0. The quantitative estimate of drug-likeness (QED) is 0.764. The van der Waals surface area contributed by atoms with Gasteiger partial charge in [-0.1, -0.05) is 12.1 Å². The van der Waals surface area contributed by atoms with Crippen LogP contribution in [0.3, 0.4) is 0 Å². The summed E-state index contributed by atoms with van der Waals surface area (Å²) in [6.45, 7) is 3.38. The van der Waals surface area contributed by atoms with Crippen LogP contribution in [0.25, 0.3) is 10.9 Å². The standard InChI is InChI=1S/C22H30N4O2/c1-4-25(2)21(27)23-14-11-22(28)16-6-5-7-17-19(16)15(10-18(22)26(3)12-14)20(24-17)13-8-9-13/h5-7,13-14,18,24,28H,4,8-12H2,1-3H3,(H,23,27)/t14?,18-,22?/m1/s1. The molecule has 1 aromatic heterocycles. The van der Waals surface area contributed by atoms with Crippen molar-refractivity contribution in [1.82, 2.24) is 20.1 Å². The van der Waals surface area contributed by atoms with Crippen LogP contribution in [0, 0.1) is 0 Å². The summed E-state index contributed by atoms with van der Waals surface area (Å²) in [5.74, 6) is 0.659. The summed E-state index contributed by atoms with van der Waals surface area (Å²) in [5, 5.41) is 16.3. The number of rotatable bonds is 3. The highest BCUT2D eigenvalue weighted by atomic mass is 16.3. The first kappa shape index (κ1) is 18.0. The zero-order valence-corrected chi connectivity index (χ0v) is 17.0. The fourth-order valence-electron chi connectivity index (χ4n) is 5.38. The number of aromatic nitrogens is 1. The molecular weight excluding hydrogens is 352 g/mol. The molecule has 0 bridgehead atoms. The number of nitrogens with zero attached hydrogens (tertiary/aromatic N) is 2. The van der Waals surface area contributed by atoms with Crippen LogP contribution in [-0.4, -0.2) is 65.2 Å². The average Bonchev–Trinajstić information content (AvgIpc) is 3.45.